The van der Waals surface area contributed by atoms with E-state index >= 15 is 0 Å². The lowest BCUT2D eigenvalue weighted by Crippen LogP contribution is -2.41. The monoisotopic (exact) mass is 382 g/mol. The molecule has 2 saturated heterocycles. The number of hydrogen-bond acceptors (Lipinski definition) is 4. The Hall–Kier alpha value is -1.07. The molecule has 1 unspecified atom stereocenters. The van der Waals surface area contributed by atoms with Crippen LogP contribution in [0.2, 0.25) is 5.82 Å². The van der Waals surface area contributed by atoms with Gasteiger partial charge in [0.2, 0.25) is 0 Å². The highest BCUT2D eigenvalue weighted by atomic mass is 16.7. The van der Waals surface area contributed by atoms with Crippen molar-refractivity contribution in [3.63, 3.8) is 0 Å². The standard InChI is InChI=1S/C22H32B2O4/c1-19(2)20(3,4)26-23(25-19)17-11-9-16-14-18(12-10-15(16)13-17)24-27-21(5,6)22(7,8)28-24/h9-11,13-14,18H,12H2,1-8H3. The van der Waals surface area contributed by atoms with E-state index in [0.29, 0.717) is 0 Å². The summed E-state index contributed by atoms with van der Waals surface area (Å²) in [7, 11) is -0.540. The van der Waals surface area contributed by atoms with Crippen LogP contribution in [0.1, 0.15) is 61.8 Å². The molecule has 0 N–H and O–H groups in total. The fourth-order valence-electron chi connectivity index (χ4n) is 3.86. The van der Waals surface area contributed by atoms with Crippen molar-refractivity contribution < 1.29 is 18.6 Å². The van der Waals surface area contributed by atoms with Gasteiger partial charge in [0.15, 0.2) is 0 Å². The minimum Gasteiger partial charge on any atom is -0.403 e. The fraction of sp³-hybridized carbons (Fsp3) is 0.636. The summed E-state index contributed by atoms with van der Waals surface area (Å²) >= 11 is 0. The van der Waals surface area contributed by atoms with Gasteiger partial charge in [-0.25, -0.2) is 0 Å². The van der Waals surface area contributed by atoms with E-state index in [1.54, 1.807) is 0 Å². The zero-order chi connectivity index (χ0) is 20.5. The van der Waals surface area contributed by atoms with Crippen LogP contribution >= 0.6 is 0 Å². The maximum Gasteiger partial charge on any atom is 0.494 e. The second kappa shape index (κ2) is 6.21. The summed E-state index contributed by atoms with van der Waals surface area (Å²) in [5.41, 5.74) is -0.189. The lowest BCUT2D eigenvalue weighted by Gasteiger charge is -2.32. The van der Waals surface area contributed by atoms with Gasteiger partial charge in [-0.1, -0.05) is 30.4 Å². The van der Waals surface area contributed by atoms with Gasteiger partial charge in [0.1, 0.15) is 0 Å². The smallest absolute Gasteiger partial charge is 0.403 e. The predicted octanol–water partition coefficient (Wildman–Crippen LogP) is 2.41. The second-order valence-corrected chi connectivity index (χ2v) is 10.4. The lowest BCUT2D eigenvalue weighted by molar-refractivity contribution is 0.00578. The molecule has 150 valence electrons. The van der Waals surface area contributed by atoms with Crippen LogP contribution < -0.4 is 15.9 Å². The number of hydrogen-bond donors (Lipinski definition) is 0. The van der Waals surface area contributed by atoms with Gasteiger partial charge in [-0.3, -0.25) is 0 Å². The Bertz CT molecular complexity index is 872. The highest BCUT2D eigenvalue weighted by Crippen LogP contribution is 2.41. The van der Waals surface area contributed by atoms with Gasteiger partial charge in [0.05, 0.1) is 22.4 Å². The molecule has 4 nitrogen and oxygen atoms in total. The Labute approximate surface area is 169 Å². The summed E-state index contributed by atoms with van der Waals surface area (Å²) in [6.45, 7) is 16.7. The molecule has 0 bridgehead atoms. The Balaban J connectivity index is 1.58. The molecule has 1 aromatic carbocycles. The van der Waals surface area contributed by atoms with E-state index in [1.807, 2.05) is 0 Å². The molecule has 0 aromatic heterocycles. The number of benzene rings is 1. The van der Waals surface area contributed by atoms with E-state index in [9.17, 15) is 0 Å². The van der Waals surface area contributed by atoms with Gasteiger partial charge in [0.25, 0.3) is 0 Å². The molecule has 28 heavy (non-hydrogen) atoms. The van der Waals surface area contributed by atoms with Crippen LogP contribution in [0.4, 0.5) is 0 Å². The minimum atomic E-state index is -0.329. The molecule has 3 aliphatic rings. The van der Waals surface area contributed by atoms with Crippen molar-refractivity contribution in [2.45, 2.75) is 90.0 Å². The third-order valence-electron chi connectivity index (χ3n) is 7.26. The first-order valence-corrected chi connectivity index (χ1v) is 10.3. The zero-order valence-corrected chi connectivity index (χ0v) is 18.5. The van der Waals surface area contributed by atoms with E-state index in [1.165, 1.54) is 10.4 Å². The van der Waals surface area contributed by atoms with Crippen LogP contribution in [0.25, 0.3) is 12.2 Å². The largest absolute Gasteiger partial charge is 0.494 e. The number of rotatable bonds is 2. The SMILES string of the molecule is CC1(C)OB(c2ccc3c(c2)=CCC(B2OC(C)(C)C(C)(C)O2)C=3)OC1(C)C. The average Bonchev–Trinajstić information content (AvgIpc) is 2.93. The van der Waals surface area contributed by atoms with Crippen molar-refractivity contribution in [1.82, 2.24) is 0 Å². The van der Waals surface area contributed by atoms with Gasteiger partial charge in [-0.15, -0.1) is 0 Å². The topological polar surface area (TPSA) is 36.9 Å². The van der Waals surface area contributed by atoms with Gasteiger partial charge in [-0.05, 0) is 77.7 Å². The van der Waals surface area contributed by atoms with Gasteiger partial charge in [-0.2, -0.15) is 0 Å². The molecule has 0 amide bonds. The van der Waals surface area contributed by atoms with E-state index in [4.69, 9.17) is 18.6 Å². The van der Waals surface area contributed by atoms with Crippen LogP contribution in [0.3, 0.4) is 0 Å². The normalized spacial score (nSPS) is 29.2. The summed E-state index contributed by atoms with van der Waals surface area (Å²) < 4.78 is 24.9. The van der Waals surface area contributed by atoms with Crippen LogP contribution in [-0.2, 0) is 18.6 Å². The van der Waals surface area contributed by atoms with Crippen molar-refractivity contribution >= 4 is 31.9 Å². The van der Waals surface area contributed by atoms with Crippen molar-refractivity contribution in [2.24, 2.45) is 0 Å². The number of fused-ring (bicyclic) bond motifs is 1. The van der Waals surface area contributed by atoms with E-state index < -0.39 is 0 Å². The molecule has 1 atom stereocenters. The lowest BCUT2D eigenvalue weighted by atomic mass is 9.68. The Morgan fingerprint density at radius 3 is 1.86 bits per heavy atom. The fourth-order valence-corrected chi connectivity index (χ4v) is 3.86. The first-order chi connectivity index (χ1) is 12.8. The first-order valence-electron chi connectivity index (χ1n) is 10.3. The van der Waals surface area contributed by atoms with Crippen molar-refractivity contribution in [3.05, 3.63) is 28.6 Å². The molecule has 0 spiro atoms. The van der Waals surface area contributed by atoms with Crippen molar-refractivity contribution in [3.8, 4) is 0 Å². The Kier molecular flexibility index (Phi) is 4.49. The van der Waals surface area contributed by atoms with Gasteiger partial charge in [0, 0.05) is 5.82 Å². The van der Waals surface area contributed by atoms with Crippen LogP contribution in [0.15, 0.2) is 18.2 Å². The van der Waals surface area contributed by atoms with Crippen molar-refractivity contribution in [1.29, 1.82) is 0 Å². The van der Waals surface area contributed by atoms with Crippen LogP contribution in [-0.4, -0.2) is 36.6 Å². The zero-order valence-electron chi connectivity index (χ0n) is 18.5. The van der Waals surface area contributed by atoms with Gasteiger partial charge < -0.3 is 18.6 Å². The summed E-state index contributed by atoms with van der Waals surface area (Å²) in [5.74, 6) is 0.219. The first kappa shape index (κ1) is 20.2. The van der Waals surface area contributed by atoms with E-state index in [-0.39, 0.29) is 42.5 Å². The molecule has 0 radical (unpaired) electrons. The molecule has 2 aliphatic heterocycles. The third kappa shape index (κ3) is 3.19. The predicted molar refractivity (Wildman–Crippen MR) is 115 cm³/mol. The summed E-state index contributed by atoms with van der Waals surface area (Å²) in [5, 5.41) is 2.44. The minimum absolute atomic E-state index is 0.211. The molecule has 6 heteroatoms. The third-order valence-corrected chi connectivity index (χ3v) is 7.26. The molecule has 0 saturated carbocycles. The highest BCUT2D eigenvalue weighted by molar-refractivity contribution is 6.62. The highest BCUT2D eigenvalue weighted by Gasteiger charge is 2.53. The molecule has 1 aliphatic carbocycles. The van der Waals surface area contributed by atoms with E-state index in [0.717, 1.165) is 11.9 Å². The maximum absolute atomic E-state index is 6.26. The maximum atomic E-state index is 6.26. The summed E-state index contributed by atoms with van der Waals surface area (Å²) in [4.78, 5) is 0. The Morgan fingerprint density at radius 2 is 1.29 bits per heavy atom. The van der Waals surface area contributed by atoms with Crippen LogP contribution in [0.5, 0.6) is 0 Å². The van der Waals surface area contributed by atoms with Gasteiger partial charge >= 0.3 is 14.2 Å². The molecule has 1 aromatic rings. The molecular formula is C22H32B2O4. The Morgan fingerprint density at radius 1 is 0.750 bits per heavy atom. The molecule has 2 fully saturated rings. The van der Waals surface area contributed by atoms with Crippen LogP contribution in [0, 0.1) is 0 Å². The molecular weight excluding hydrogens is 350 g/mol. The summed E-state index contributed by atoms with van der Waals surface area (Å²) in [6, 6.07) is 6.45. The quantitative estimate of drug-likeness (QED) is 0.737. The molecule has 2 heterocycles. The second-order valence-electron chi connectivity index (χ2n) is 10.4. The molecule has 4 rings (SSSR count). The van der Waals surface area contributed by atoms with Crippen molar-refractivity contribution in [2.75, 3.05) is 0 Å². The van der Waals surface area contributed by atoms with E-state index in [2.05, 4.69) is 85.7 Å². The average molecular weight is 382 g/mol. The summed E-state index contributed by atoms with van der Waals surface area (Å²) in [6.07, 6.45) is 5.46.